The van der Waals surface area contributed by atoms with E-state index in [1.807, 2.05) is 0 Å². The number of hydrogen-bond donors (Lipinski definition) is 10. The van der Waals surface area contributed by atoms with Gasteiger partial charge in [0, 0.05) is 12.4 Å². The number of hydrogen-bond acceptors (Lipinski definition) is 13. The largest absolute Gasteiger partial charge is 0.478 e. The van der Waals surface area contributed by atoms with E-state index < -0.39 is 58.2 Å². The molecule has 0 amide bonds. The van der Waals surface area contributed by atoms with E-state index in [2.05, 4.69) is 19.3 Å². The van der Waals surface area contributed by atoms with Crippen LogP contribution >= 0.6 is 15.6 Å². The molecule has 12 N–H and O–H groups in total. The van der Waals surface area contributed by atoms with E-state index in [1.54, 1.807) is 0 Å². The monoisotopic (exact) mass is 532 g/mol. The van der Waals surface area contributed by atoms with Crippen LogP contribution in [0.4, 0.5) is 11.6 Å². The smallest absolute Gasteiger partial charge is 0.394 e. The molecule has 0 bridgehead atoms. The van der Waals surface area contributed by atoms with Crippen molar-refractivity contribution in [1.29, 1.82) is 0 Å². The highest BCUT2D eigenvalue weighted by Gasteiger charge is 2.43. The molecular weight excluding hydrogens is 510 g/mol. The van der Waals surface area contributed by atoms with Gasteiger partial charge < -0.3 is 56.1 Å². The molecule has 1 fully saturated rings. The predicted molar refractivity (Wildman–Crippen MR) is 110 cm³/mol. The Morgan fingerprint density at radius 2 is 1.59 bits per heavy atom. The first-order valence-corrected chi connectivity index (χ1v) is 11.7. The predicted octanol–water partition coefficient (Wildman–Crippen LogP) is -4.02. The number of nitrogens with zero attached hydrogens (tertiary/aromatic N) is 3. The van der Waals surface area contributed by atoms with Crippen LogP contribution in [0.1, 0.15) is 6.23 Å². The molecule has 0 saturated carbocycles. The first kappa shape index (κ1) is 29.5. The summed E-state index contributed by atoms with van der Waals surface area (Å²) in [6, 6.07) is 2.89. The summed E-state index contributed by atoms with van der Waals surface area (Å²) in [7, 11) is -10.1. The number of rotatable bonds is 4. The number of nitrogen functional groups attached to an aromatic ring is 2. The van der Waals surface area contributed by atoms with E-state index in [9.17, 15) is 28.9 Å². The molecule has 192 valence electrons. The van der Waals surface area contributed by atoms with Gasteiger partial charge >= 0.3 is 27.0 Å². The summed E-state index contributed by atoms with van der Waals surface area (Å²) in [5, 5.41) is 28.2. The van der Waals surface area contributed by atoms with Gasteiger partial charge in [0.2, 0.25) is 0 Å². The van der Waals surface area contributed by atoms with Crippen LogP contribution in [0.2, 0.25) is 0 Å². The SMILES string of the molecule is Nc1cc[nH]c(=O)n1.Nc1ccn([C@@H]2O[C@H](CO)[C@@H](O)[C@H]2O)c(=O)n1.O=P(O)(O)OP(=O)(O)O. The molecule has 3 rings (SSSR count). The van der Waals surface area contributed by atoms with Gasteiger partial charge in [-0.3, -0.25) is 4.57 Å². The highest BCUT2D eigenvalue weighted by atomic mass is 31.3. The van der Waals surface area contributed by atoms with Crippen molar-refractivity contribution in [3.63, 3.8) is 0 Å². The number of nitrogens with two attached hydrogens (primary N) is 2. The second-order valence-electron chi connectivity index (χ2n) is 6.15. The average Bonchev–Trinajstić information content (AvgIpc) is 2.94. The number of ether oxygens (including phenoxy) is 1. The fourth-order valence-corrected chi connectivity index (χ4v) is 3.36. The Morgan fingerprint density at radius 1 is 1.03 bits per heavy atom. The van der Waals surface area contributed by atoms with Gasteiger partial charge in [-0.1, -0.05) is 0 Å². The number of aromatic amines is 1. The zero-order valence-corrected chi connectivity index (χ0v) is 18.6. The number of aromatic nitrogens is 4. The van der Waals surface area contributed by atoms with Crippen LogP contribution < -0.4 is 22.8 Å². The first-order chi connectivity index (χ1) is 15.5. The van der Waals surface area contributed by atoms with Crippen LogP contribution in [0, 0.1) is 0 Å². The molecule has 21 heteroatoms. The number of H-pyrrole nitrogens is 1. The molecule has 1 aliphatic rings. The summed E-state index contributed by atoms with van der Waals surface area (Å²) in [5.74, 6) is 0.298. The average molecular weight is 532 g/mol. The third kappa shape index (κ3) is 10.2. The highest BCUT2D eigenvalue weighted by molar-refractivity contribution is 7.60. The lowest BCUT2D eigenvalue weighted by atomic mass is 10.1. The molecule has 3 heterocycles. The Balaban J connectivity index is 0.000000287. The molecule has 1 saturated heterocycles. The molecule has 2 aromatic heterocycles. The van der Waals surface area contributed by atoms with E-state index in [-0.39, 0.29) is 11.6 Å². The van der Waals surface area contributed by atoms with E-state index in [4.69, 9.17) is 40.9 Å². The van der Waals surface area contributed by atoms with Gasteiger partial charge in [-0.25, -0.2) is 18.7 Å². The molecule has 0 unspecified atom stereocenters. The van der Waals surface area contributed by atoms with Crippen LogP contribution in [-0.2, 0) is 18.2 Å². The number of aliphatic hydroxyl groups excluding tert-OH is 3. The van der Waals surface area contributed by atoms with Crippen LogP contribution in [-0.4, -0.2) is 79.3 Å². The van der Waals surface area contributed by atoms with E-state index in [0.717, 1.165) is 4.57 Å². The van der Waals surface area contributed by atoms with Gasteiger partial charge in [0.15, 0.2) is 6.23 Å². The van der Waals surface area contributed by atoms with Crippen molar-refractivity contribution in [3.8, 4) is 0 Å². The normalized spacial score (nSPS) is 22.2. The Morgan fingerprint density at radius 3 is 1.94 bits per heavy atom. The lowest BCUT2D eigenvalue weighted by Gasteiger charge is -2.16. The van der Waals surface area contributed by atoms with Gasteiger partial charge in [0.25, 0.3) is 0 Å². The molecule has 0 radical (unpaired) electrons. The van der Waals surface area contributed by atoms with Gasteiger partial charge in [0.05, 0.1) is 6.61 Å². The number of anilines is 2. The van der Waals surface area contributed by atoms with Gasteiger partial charge in [-0.2, -0.15) is 14.3 Å². The van der Waals surface area contributed by atoms with Crippen LogP contribution in [0.5, 0.6) is 0 Å². The van der Waals surface area contributed by atoms with Crippen molar-refractivity contribution in [2.45, 2.75) is 24.5 Å². The third-order valence-electron chi connectivity index (χ3n) is 3.55. The first-order valence-electron chi connectivity index (χ1n) is 8.65. The Kier molecular flexibility index (Phi) is 10.6. The Bertz CT molecular complexity index is 1130. The summed E-state index contributed by atoms with van der Waals surface area (Å²) in [6.07, 6.45) is -1.82. The molecule has 1 aliphatic heterocycles. The molecule has 2 aromatic rings. The van der Waals surface area contributed by atoms with Gasteiger partial charge in [-0.15, -0.1) is 0 Å². The van der Waals surface area contributed by atoms with Crippen molar-refractivity contribution in [2.75, 3.05) is 18.1 Å². The molecule has 0 aromatic carbocycles. The lowest BCUT2D eigenvalue weighted by molar-refractivity contribution is -0.0549. The van der Waals surface area contributed by atoms with E-state index in [0.29, 0.717) is 0 Å². The maximum Gasteiger partial charge on any atom is 0.478 e. The lowest BCUT2D eigenvalue weighted by Crippen LogP contribution is -2.36. The minimum atomic E-state index is -5.05. The molecule has 4 atom stereocenters. The van der Waals surface area contributed by atoms with Crippen molar-refractivity contribution in [3.05, 3.63) is 45.5 Å². The Labute approximate surface area is 188 Å². The van der Waals surface area contributed by atoms with Crippen molar-refractivity contribution < 1.29 is 53.1 Å². The zero-order chi connectivity index (χ0) is 26.3. The second kappa shape index (κ2) is 12.2. The van der Waals surface area contributed by atoms with Crippen molar-refractivity contribution in [1.82, 2.24) is 19.5 Å². The molecule has 19 nitrogen and oxygen atoms in total. The maximum absolute atomic E-state index is 11.5. The molecule has 34 heavy (non-hydrogen) atoms. The topological polar surface area (TPSA) is 327 Å². The molecular formula is C13H22N6O13P2. The second-order valence-corrected chi connectivity index (χ2v) is 8.77. The number of nitrogens with one attached hydrogen (secondary N) is 1. The standard InChI is InChI=1S/C9H13N3O5.C4H5N3O.H4O7P2/c10-5-1-2-12(9(16)11-5)8-7(15)6(14)4(3-13)17-8;5-3-1-2-6-4(8)7-3;1-8(2,3)7-9(4,5)6/h1-2,4,6-8,13-15H,3H2,(H2,10,11,16);1-2H,(H3,5,6,7,8);(H2,1,2,3)(H2,4,5,6)/t4-,6-,7-,8-;;/m1../s1. The fourth-order valence-electron chi connectivity index (χ4n) is 2.25. The maximum atomic E-state index is 11.5. The summed E-state index contributed by atoms with van der Waals surface area (Å²) >= 11 is 0. The number of aliphatic hydroxyl groups is 3. The minimum Gasteiger partial charge on any atom is -0.394 e. The Hall–Kier alpha value is -2.54. The third-order valence-corrected chi connectivity index (χ3v) is 5.25. The quantitative estimate of drug-likeness (QED) is 0.168. The van der Waals surface area contributed by atoms with Crippen LogP contribution in [0.3, 0.4) is 0 Å². The zero-order valence-electron chi connectivity index (χ0n) is 16.8. The van der Waals surface area contributed by atoms with Crippen molar-refractivity contribution >= 4 is 27.3 Å². The number of phosphoric acid groups is 2. The van der Waals surface area contributed by atoms with Gasteiger partial charge in [-0.05, 0) is 12.1 Å². The summed E-state index contributed by atoms with van der Waals surface area (Å²) in [4.78, 5) is 61.9. The summed E-state index contributed by atoms with van der Waals surface area (Å²) < 4.78 is 28.4. The highest BCUT2D eigenvalue weighted by Crippen LogP contribution is 2.53. The van der Waals surface area contributed by atoms with Crippen LogP contribution in [0.15, 0.2) is 34.1 Å². The minimum absolute atomic E-state index is 0.0537. The molecule has 0 aliphatic carbocycles. The van der Waals surface area contributed by atoms with E-state index in [1.165, 1.54) is 24.5 Å². The summed E-state index contributed by atoms with van der Waals surface area (Å²) in [5.41, 5.74) is 9.35. The molecule has 0 spiro atoms. The fraction of sp³-hybridized carbons (Fsp3) is 0.385. The van der Waals surface area contributed by atoms with Gasteiger partial charge in [0.1, 0.15) is 29.9 Å². The van der Waals surface area contributed by atoms with Crippen LogP contribution in [0.25, 0.3) is 0 Å². The van der Waals surface area contributed by atoms with Crippen molar-refractivity contribution in [2.24, 2.45) is 0 Å². The van der Waals surface area contributed by atoms with E-state index >= 15 is 0 Å². The summed E-state index contributed by atoms with van der Waals surface area (Å²) in [6.45, 7) is -0.453.